The number of rotatable bonds is 2. The lowest BCUT2D eigenvalue weighted by Crippen LogP contribution is -2.42. The van der Waals surface area contributed by atoms with Crippen LogP contribution in [0.1, 0.15) is 48.5 Å². The lowest BCUT2D eigenvalue weighted by Gasteiger charge is -2.33. The molecule has 1 unspecified atom stereocenters. The second kappa shape index (κ2) is 7.24. The van der Waals surface area contributed by atoms with Gasteiger partial charge in [0.25, 0.3) is 5.91 Å². The standard InChI is InChI=1S/C17H20FNO2/c1-13-6-2-4-10-19(13)17(21)15-12-14(7-3-5-11-20)8-9-16(15)18/h8-9,12-13,20H,2,4-6,10-11H2,1H3. The molecule has 21 heavy (non-hydrogen) atoms. The van der Waals surface area contributed by atoms with Crippen molar-refractivity contribution in [2.75, 3.05) is 13.2 Å². The van der Waals surface area contributed by atoms with Gasteiger partial charge in [0.2, 0.25) is 0 Å². The molecular weight excluding hydrogens is 269 g/mol. The highest BCUT2D eigenvalue weighted by molar-refractivity contribution is 5.95. The molecule has 1 N–H and O–H groups in total. The molecule has 4 heteroatoms. The van der Waals surface area contributed by atoms with Crippen molar-refractivity contribution in [2.24, 2.45) is 0 Å². The Bertz CT molecular complexity index is 574. The summed E-state index contributed by atoms with van der Waals surface area (Å²) in [7, 11) is 0. The Morgan fingerprint density at radius 3 is 3.00 bits per heavy atom. The van der Waals surface area contributed by atoms with Crippen LogP contribution >= 0.6 is 0 Å². The fourth-order valence-electron chi connectivity index (χ4n) is 2.54. The minimum atomic E-state index is -0.509. The number of halogens is 1. The van der Waals surface area contributed by atoms with Crippen molar-refractivity contribution in [3.05, 3.63) is 35.1 Å². The van der Waals surface area contributed by atoms with Gasteiger partial charge in [-0.05, 0) is 44.4 Å². The number of nitrogens with zero attached hydrogens (tertiary/aromatic N) is 1. The molecule has 1 atom stereocenters. The van der Waals surface area contributed by atoms with E-state index < -0.39 is 5.82 Å². The van der Waals surface area contributed by atoms with Gasteiger partial charge in [0.05, 0.1) is 12.2 Å². The van der Waals surface area contributed by atoms with Gasteiger partial charge in [-0.3, -0.25) is 4.79 Å². The van der Waals surface area contributed by atoms with Gasteiger partial charge in [-0.1, -0.05) is 11.8 Å². The molecule has 0 aromatic heterocycles. The zero-order valence-corrected chi connectivity index (χ0v) is 12.2. The van der Waals surface area contributed by atoms with Gasteiger partial charge in [0, 0.05) is 24.6 Å². The molecule has 1 fully saturated rings. The van der Waals surface area contributed by atoms with Crippen LogP contribution in [0.2, 0.25) is 0 Å². The summed E-state index contributed by atoms with van der Waals surface area (Å²) in [4.78, 5) is 14.3. The third-order valence-corrected chi connectivity index (χ3v) is 3.73. The quantitative estimate of drug-likeness (QED) is 0.850. The molecule has 1 aromatic carbocycles. The number of carbonyl (C=O) groups is 1. The molecule has 1 aliphatic rings. The number of aliphatic hydroxyl groups excluding tert-OH is 1. The van der Waals surface area contributed by atoms with Gasteiger partial charge in [-0.2, -0.15) is 0 Å². The van der Waals surface area contributed by atoms with Crippen LogP contribution in [0.4, 0.5) is 4.39 Å². The third kappa shape index (κ3) is 3.83. The first-order valence-electron chi connectivity index (χ1n) is 7.33. The van der Waals surface area contributed by atoms with Gasteiger partial charge in [-0.25, -0.2) is 4.39 Å². The molecule has 0 bridgehead atoms. The fourth-order valence-corrected chi connectivity index (χ4v) is 2.54. The second-order valence-corrected chi connectivity index (χ2v) is 5.31. The topological polar surface area (TPSA) is 40.5 Å². The smallest absolute Gasteiger partial charge is 0.257 e. The highest BCUT2D eigenvalue weighted by Crippen LogP contribution is 2.21. The van der Waals surface area contributed by atoms with E-state index in [0.29, 0.717) is 18.5 Å². The van der Waals surface area contributed by atoms with Crippen LogP contribution in [0.3, 0.4) is 0 Å². The van der Waals surface area contributed by atoms with E-state index in [1.54, 1.807) is 11.0 Å². The zero-order chi connectivity index (χ0) is 15.2. The maximum Gasteiger partial charge on any atom is 0.257 e. The van der Waals surface area contributed by atoms with Crippen LogP contribution < -0.4 is 0 Å². The summed E-state index contributed by atoms with van der Waals surface area (Å²) in [6.45, 7) is 2.67. The Balaban J connectivity index is 2.24. The number of hydrogen-bond acceptors (Lipinski definition) is 2. The van der Waals surface area contributed by atoms with Crippen LogP contribution in [0.5, 0.6) is 0 Å². The van der Waals surface area contributed by atoms with Gasteiger partial charge in [0.15, 0.2) is 0 Å². The van der Waals surface area contributed by atoms with E-state index >= 15 is 0 Å². The van der Waals surface area contributed by atoms with Gasteiger partial charge < -0.3 is 10.0 Å². The SMILES string of the molecule is CC1CCCCN1C(=O)c1cc(C#CCCO)ccc1F. The number of benzene rings is 1. The molecule has 1 aromatic rings. The molecule has 0 aliphatic carbocycles. The van der Waals surface area contributed by atoms with E-state index in [-0.39, 0.29) is 24.1 Å². The van der Waals surface area contributed by atoms with Crippen molar-refractivity contribution in [3.8, 4) is 11.8 Å². The zero-order valence-electron chi connectivity index (χ0n) is 12.2. The molecular formula is C17H20FNO2. The molecule has 1 saturated heterocycles. The van der Waals surface area contributed by atoms with E-state index in [1.165, 1.54) is 12.1 Å². The first kappa shape index (κ1) is 15.5. The summed E-state index contributed by atoms with van der Waals surface area (Å²) in [6, 6.07) is 4.49. The van der Waals surface area contributed by atoms with E-state index in [2.05, 4.69) is 11.8 Å². The normalized spacial score (nSPS) is 18.0. The summed E-state index contributed by atoms with van der Waals surface area (Å²) in [5, 5.41) is 8.71. The van der Waals surface area contributed by atoms with Crippen molar-refractivity contribution in [3.63, 3.8) is 0 Å². The maximum atomic E-state index is 14.0. The Labute approximate surface area is 124 Å². The molecule has 0 spiro atoms. The maximum absolute atomic E-state index is 14.0. The number of likely N-dealkylation sites (tertiary alicyclic amines) is 1. The van der Waals surface area contributed by atoms with Crippen molar-refractivity contribution in [2.45, 2.75) is 38.6 Å². The van der Waals surface area contributed by atoms with E-state index in [4.69, 9.17) is 5.11 Å². The second-order valence-electron chi connectivity index (χ2n) is 5.31. The third-order valence-electron chi connectivity index (χ3n) is 3.73. The van der Waals surface area contributed by atoms with Gasteiger partial charge in [0.1, 0.15) is 5.82 Å². The molecule has 2 rings (SSSR count). The summed E-state index contributed by atoms with van der Waals surface area (Å²) in [5.41, 5.74) is 0.678. The summed E-state index contributed by atoms with van der Waals surface area (Å²) in [5.74, 6) is 4.85. The molecule has 1 heterocycles. The summed E-state index contributed by atoms with van der Waals surface area (Å²) >= 11 is 0. The van der Waals surface area contributed by atoms with Crippen molar-refractivity contribution in [1.29, 1.82) is 0 Å². The summed E-state index contributed by atoms with van der Waals surface area (Å²) < 4.78 is 14.0. The average molecular weight is 289 g/mol. The number of aliphatic hydroxyl groups is 1. The largest absolute Gasteiger partial charge is 0.395 e. The molecule has 3 nitrogen and oxygen atoms in total. The van der Waals surface area contributed by atoms with Crippen LogP contribution in [-0.4, -0.2) is 35.1 Å². The predicted molar refractivity (Wildman–Crippen MR) is 79.3 cm³/mol. The number of carbonyl (C=O) groups excluding carboxylic acids is 1. The fraction of sp³-hybridized carbons (Fsp3) is 0.471. The minimum Gasteiger partial charge on any atom is -0.395 e. The molecule has 1 amide bonds. The highest BCUT2D eigenvalue weighted by atomic mass is 19.1. The van der Waals surface area contributed by atoms with Crippen LogP contribution in [0.15, 0.2) is 18.2 Å². The molecule has 1 aliphatic heterocycles. The highest BCUT2D eigenvalue weighted by Gasteiger charge is 2.26. The Kier molecular flexibility index (Phi) is 5.35. The van der Waals surface area contributed by atoms with Crippen molar-refractivity contribution in [1.82, 2.24) is 4.90 Å². The van der Waals surface area contributed by atoms with E-state index in [1.807, 2.05) is 6.92 Å². The van der Waals surface area contributed by atoms with Crippen LogP contribution in [0, 0.1) is 17.7 Å². The monoisotopic (exact) mass is 289 g/mol. The lowest BCUT2D eigenvalue weighted by molar-refractivity contribution is 0.0631. The number of piperidine rings is 1. The van der Waals surface area contributed by atoms with Crippen LogP contribution in [-0.2, 0) is 0 Å². The average Bonchev–Trinajstić information content (AvgIpc) is 2.49. The van der Waals surface area contributed by atoms with Crippen molar-refractivity contribution < 1.29 is 14.3 Å². The first-order chi connectivity index (χ1) is 10.1. The molecule has 0 radical (unpaired) electrons. The lowest BCUT2D eigenvalue weighted by atomic mass is 10.0. The number of hydrogen-bond donors (Lipinski definition) is 1. The van der Waals surface area contributed by atoms with Gasteiger partial charge in [-0.15, -0.1) is 0 Å². The van der Waals surface area contributed by atoms with Crippen molar-refractivity contribution >= 4 is 5.91 Å². The predicted octanol–water partition coefficient (Wildman–Crippen LogP) is 2.57. The van der Waals surface area contributed by atoms with E-state index in [0.717, 1.165) is 19.3 Å². The minimum absolute atomic E-state index is 0.00866. The van der Waals surface area contributed by atoms with Crippen LogP contribution in [0.25, 0.3) is 0 Å². The Hall–Kier alpha value is -1.86. The van der Waals surface area contributed by atoms with Gasteiger partial charge >= 0.3 is 0 Å². The van der Waals surface area contributed by atoms with E-state index in [9.17, 15) is 9.18 Å². The first-order valence-corrected chi connectivity index (χ1v) is 7.33. The molecule has 112 valence electrons. The molecule has 0 saturated carbocycles. The summed E-state index contributed by atoms with van der Waals surface area (Å²) in [6.07, 6.45) is 3.40. The Morgan fingerprint density at radius 1 is 1.48 bits per heavy atom. The number of amides is 1. The Morgan fingerprint density at radius 2 is 2.29 bits per heavy atom.